The molecule has 6 heteroatoms. The Kier molecular flexibility index (Phi) is 5.55. The highest BCUT2D eigenvalue weighted by atomic mass is 16.6. The number of ether oxygens (including phenoxy) is 1. The Bertz CT molecular complexity index is 389. The van der Waals surface area contributed by atoms with Crippen molar-refractivity contribution in [3.05, 3.63) is 33.9 Å². The molecule has 16 heavy (non-hydrogen) atoms. The van der Waals surface area contributed by atoms with Gasteiger partial charge in [-0.05, 0) is 12.1 Å². The van der Waals surface area contributed by atoms with Gasteiger partial charge >= 0.3 is 11.7 Å². The van der Waals surface area contributed by atoms with Crippen molar-refractivity contribution in [2.24, 2.45) is 0 Å². The summed E-state index contributed by atoms with van der Waals surface area (Å²) in [5.41, 5.74) is -0.495. The van der Waals surface area contributed by atoms with Crippen molar-refractivity contribution in [1.29, 1.82) is 0 Å². The van der Waals surface area contributed by atoms with E-state index in [9.17, 15) is 14.9 Å². The molecule has 0 bridgehead atoms. The summed E-state index contributed by atoms with van der Waals surface area (Å²) >= 11 is 0. The maximum absolute atomic E-state index is 10.5. The van der Waals surface area contributed by atoms with Gasteiger partial charge in [0.05, 0.1) is 17.6 Å². The molecule has 0 atom stereocenters. The number of carbonyl (C=O) groups is 1. The quantitative estimate of drug-likeness (QED) is 0.632. The van der Waals surface area contributed by atoms with E-state index in [2.05, 4.69) is 0 Å². The first-order valence-electron chi connectivity index (χ1n) is 4.62. The van der Waals surface area contributed by atoms with Crippen LogP contribution in [-0.2, 0) is 0 Å². The number of aromatic carboxylic acids is 1. The van der Waals surface area contributed by atoms with Gasteiger partial charge in [-0.1, -0.05) is 13.8 Å². The Morgan fingerprint density at radius 3 is 2.38 bits per heavy atom. The number of carboxylic acids is 1. The molecular weight excluding hydrogens is 214 g/mol. The molecule has 0 spiro atoms. The van der Waals surface area contributed by atoms with Gasteiger partial charge in [-0.15, -0.1) is 0 Å². The maximum Gasteiger partial charge on any atom is 0.335 e. The molecular formula is C10H13NO5. The Hall–Kier alpha value is -2.11. The largest absolute Gasteiger partial charge is 0.490 e. The van der Waals surface area contributed by atoms with E-state index in [4.69, 9.17) is 9.84 Å². The first kappa shape index (κ1) is 13.9. The average Bonchev–Trinajstić information content (AvgIpc) is 2.30. The standard InChI is InChI=1S/C8H7NO5.C2H6/c1-14-7-3-2-5(8(10)11)4-6(7)9(12)13;1-2/h2-4H,1H3,(H,10,11);1-2H3. The molecule has 0 aliphatic carbocycles. The predicted octanol–water partition coefficient (Wildman–Crippen LogP) is 2.33. The molecule has 0 saturated heterocycles. The van der Waals surface area contributed by atoms with Crippen LogP contribution >= 0.6 is 0 Å². The van der Waals surface area contributed by atoms with Gasteiger partial charge in [-0.2, -0.15) is 0 Å². The Labute approximate surface area is 92.6 Å². The molecule has 1 rings (SSSR count). The summed E-state index contributed by atoms with van der Waals surface area (Å²) in [5.74, 6) is -1.17. The van der Waals surface area contributed by atoms with Gasteiger partial charge in [0, 0.05) is 6.07 Å². The Morgan fingerprint density at radius 2 is 2.00 bits per heavy atom. The second-order valence-corrected chi connectivity index (χ2v) is 2.45. The van der Waals surface area contributed by atoms with Crippen LogP contribution in [0.4, 0.5) is 5.69 Å². The van der Waals surface area contributed by atoms with Crippen molar-refractivity contribution in [1.82, 2.24) is 0 Å². The van der Waals surface area contributed by atoms with Crippen molar-refractivity contribution in [3.8, 4) is 5.75 Å². The zero-order chi connectivity index (χ0) is 12.7. The van der Waals surface area contributed by atoms with Crippen LogP contribution < -0.4 is 4.74 Å². The van der Waals surface area contributed by atoms with Gasteiger partial charge in [-0.3, -0.25) is 10.1 Å². The highest BCUT2D eigenvalue weighted by molar-refractivity contribution is 5.88. The second-order valence-electron chi connectivity index (χ2n) is 2.45. The minimum absolute atomic E-state index is 0.0417. The summed E-state index contributed by atoms with van der Waals surface area (Å²) in [7, 11) is 1.28. The number of rotatable bonds is 3. The summed E-state index contributed by atoms with van der Waals surface area (Å²) in [6.07, 6.45) is 0. The lowest BCUT2D eigenvalue weighted by molar-refractivity contribution is -0.385. The van der Waals surface area contributed by atoms with Gasteiger partial charge in [0.2, 0.25) is 0 Å². The van der Waals surface area contributed by atoms with E-state index in [-0.39, 0.29) is 17.0 Å². The van der Waals surface area contributed by atoms with Gasteiger partial charge < -0.3 is 9.84 Å². The summed E-state index contributed by atoms with van der Waals surface area (Å²) < 4.78 is 4.71. The number of carboxylic acid groups (broad SMARTS) is 1. The van der Waals surface area contributed by atoms with E-state index in [0.29, 0.717) is 0 Å². The van der Waals surface area contributed by atoms with Gasteiger partial charge in [-0.25, -0.2) is 4.79 Å². The molecule has 0 amide bonds. The molecule has 0 saturated carbocycles. The lowest BCUT2D eigenvalue weighted by Crippen LogP contribution is -1.99. The van der Waals surface area contributed by atoms with E-state index in [0.717, 1.165) is 6.07 Å². The molecule has 0 unspecified atom stereocenters. The minimum Gasteiger partial charge on any atom is -0.490 e. The van der Waals surface area contributed by atoms with Gasteiger partial charge in [0.25, 0.3) is 0 Å². The van der Waals surface area contributed by atoms with Crippen molar-refractivity contribution in [2.45, 2.75) is 13.8 Å². The number of hydrogen-bond acceptors (Lipinski definition) is 4. The van der Waals surface area contributed by atoms with Crippen molar-refractivity contribution < 1.29 is 19.6 Å². The summed E-state index contributed by atoms with van der Waals surface area (Å²) in [5, 5.41) is 19.1. The smallest absolute Gasteiger partial charge is 0.335 e. The van der Waals surface area contributed by atoms with E-state index < -0.39 is 10.9 Å². The lowest BCUT2D eigenvalue weighted by Gasteiger charge is -2.01. The van der Waals surface area contributed by atoms with Crippen LogP contribution in [0.3, 0.4) is 0 Å². The van der Waals surface area contributed by atoms with Crippen LogP contribution in [0.15, 0.2) is 18.2 Å². The van der Waals surface area contributed by atoms with Crippen LogP contribution in [-0.4, -0.2) is 23.1 Å². The topological polar surface area (TPSA) is 89.7 Å². The molecule has 0 aliphatic heterocycles. The summed E-state index contributed by atoms with van der Waals surface area (Å²) in [6.45, 7) is 4.00. The number of methoxy groups -OCH3 is 1. The minimum atomic E-state index is -1.21. The van der Waals surface area contributed by atoms with Gasteiger partial charge in [0.1, 0.15) is 0 Å². The first-order chi connectivity index (χ1) is 7.56. The third-order valence-corrected chi connectivity index (χ3v) is 1.62. The van der Waals surface area contributed by atoms with E-state index in [1.54, 1.807) is 0 Å². The fourth-order valence-electron chi connectivity index (χ4n) is 0.966. The molecule has 1 aromatic carbocycles. The molecule has 6 nitrogen and oxygen atoms in total. The third-order valence-electron chi connectivity index (χ3n) is 1.62. The Morgan fingerprint density at radius 1 is 1.44 bits per heavy atom. The summed E-state index contributed by atoms with van der Waals surface area (Å²) in [6, 6.07) is 3.46. The van der Waals surface area contributed by atoms with E-state index >= 15 is 0 Å². The molecule has 1 aromatic rings. The average molecular weight is 227 g/mol. The van der Waals surface area contributed by atoms with Crippen LogP contribution in [0.5, 0.6) is 5.75 Å². The van der Waals surface area contributed by atoms with Crippen LogP contribution in [0.1, 0.15) is 24.2 Å². The number of nitro benzene ring substituents is 1. The molecule has 0 fully saturated rings. The zero-order valence-corrected chi connectivity index (χ0v) is 9.26. The second kappa shape index (κ2) is 6.39. The number of nitro groups is 1. The first-order valence-corrected chi connectivity index (χ1v) is 4.62. The molecule has 0 heterocycles. The fourth-order valence-corrected chi connectivity index (χ4v) is 0.966. The van der Waals surface area contributed by atoms with Crippen molar-refractivity contribution in [3.63, 3.8) is 0 Å². The summed E-state index contributed by atoms with van der Waals surface area (Å²) in [4.78, 5) is 20.3. The number of nitrogens with zero attached hydrogens (tertiary/aromatic N) is 1. The SMILES string of the molecule is CC.COc1ccc(C(=O)O)cc1[N+](=O)[O-]. The predicted molar refractivity (Wildman–Crippen MR) is 58.0 cm³/mol. The number of hydrogen-bond donors (Lipinski definition) is 1. The van der Waals surface area contributed by atoms with Crippen LogP contribution in [0.2, 0.25) is 0 Å². The lowest BCUT2D eigenvalue weighted by atomic mass is 10.2. The molecule has 0 aliphatic rings. The van der Waals surface area contributed by atoms with E-state index in [1.165, 1.54) is 19.2 Å². The highest BCUT2D eigenvalue weighted by Crippen LogP contribution is 2.27. The van der Waals surface area contributed by atoms with Crippen molar-refractivity contribution in [2.75, 3.05) is 7.11 Å². The Balaban J connectivity index is 0.00000106. The third kappa shape index (κ3) is 3.23. The molecule has 0 aromatic heterocycles. The zero-order valence-electron chi connectivity index (χ0n) is 9.26. The van der Waals surface area contributed by atoms with Gasteiger partial charge in [0.15, 0.2) is 5.75 Å². The molecule has 1 N–H and O–H groups in total. The van der Waals surface area contributed by atoms with Crippen molar-refractivity contribution >= 4 is 11.7 Å². The highest BCUT2D eigenvalue weighted by Gasteiger charge is 2.17. The number of benzene rings is 1. The van der Waals surface area contributed by atoms with Crippen LogP contribution in [0, 0.1) is 10.1 Å². The normalized spacial score (nSPS) is 8.69. The fraction of sp³-hybridized carbons (Fsp3) is 0.300. The monoisotopic (exact) mass is 227 g/mol. The molecule has 88 valence electrons. The van der Waals surface area contributed by atoms with E-state index in [1.807, 2.05) is 13.8 Å². The van der Waals surface area contributed by atoms with Crippen LogP contribution in [0.25, 0.3) is 0 Å². The molecule has 0 radical (unpaired) electrons. The maximum atomic E-state index is 10.5.